The molecule has 4 rings (SSSR count). The number of benzene rings is 1. The third-order valence-corrected chi connectivity index (χ3v) is 3.99. The largest absolute Gasteiger partial charge is 0.290 e. The summed E-state index contributed by atoms with van der Waals surface area (Å²) >= 11 is 0. The van der Waals surface area contributed by atoms with Gasteiger partial charge in [0.05, 0.1) is 6.04 Å². The Kier molecular flexibility index (Phi) is 2.31. The molecular formula is C15H15N3O. The molecule has 0 spiro atoms. The minimum absolute atomic E-state index is 0.133. The van der Waals surface area contributed by atoms with Gasteiger partial charge in [-0.3, -0.25) is 4.79 Å². The molecule has 1 aromatic carbocycles. The standard InChI is InChI=1S/C15H15N3O/c19-14(11-6-7-11)15-16-13-9-8-12(18(13)17-15)10-4-2-1-3-5-10/h1-5,11-12H,6-9H2/t12-/m0/s1. The van der Waals surface area contributed by atoms with Crippen molar-refractivity contribution in [3.8, 4) is 0 Å². The maximum Gasteiger partial charge on any atom is 0.217 e. The average Bonchev–Trinajstić information content (AvgIpc) is 3.09. The predicted octanol–water partition coefficient (Wildman–Crippen LogP) is 2.41. The van der Waals surface area contributed by atoms with Crippen molar-refractivity contribution in [3.63, 3.8) is 0 Å². The highest BCUT2D eigenvalue weighted by molar-refractivity contribution is 5.95. The van der Waals surface area contributed by atoms with Gasteiger partial charge in [0.15, 0.2) is 0 Å². The van der Waals surface area contributed by atoms with Crippen molar-refractivity contribution < 1.29 is 4.79 Å². The van der Waals surface area contributed by atoms with Crippen molar-refractivity contribution >= 4 is 5.78 Å². The van der Waals surface area contributed by atoms with Crippen LogP contribution in [0.25, 0.3) is 0 Å². The molecule has 0 bridgehead atoms. The van der Waals surface area contributed by atoms with Crippen molar-refractivity contribution in [2.24, 2.45) is 5.92 Å². The first-order valence-electron chi connectivity index (χ1n) is 6.87. The van der Waals surface area contributed by atoms with E-state index in [2.05, 4.69) is 22.2 Å². The summed E-state index contributed by atoms with van der Waals surface area (Å²) in [5.74, 6) is 1.71. The number of nitrogens with zero attached hydrogens (tertiary/aromatic N) is 3. The summed E-state index contributed by atoms with van der Waals surface area (Å²) in [6, 6.07) is 10.6. The molecule has 2 aliphatic rings. The van der Waals surface area contributed by atoms with Crippen molar-refractivity contribution in [3.05, 3.63) is 47.5 Å². The minimum atomic E-state index is 0.133. The van der Waals surface area contributed by atoms with Gasteiger partial charge >= 0.3 is 0 Å². The molecule has 1 fully saturated rings. The third-order valence-electron chi connectivity index (χ3n) is 3.99. The SMILES string of the molecule is O=C(c1nc2n(n1)[C@H](c1ccccc1)CC2)C1CC1. The molecule has 2 aromatic rings. The number of aromatic nitrogens is 3. The van der Waals surface area contributed by atoms with Crippen molar-refractivity contribution in [2.45, 2.75) is 31.7 Å². The Morgan fingerprint density at radius 3 is 2.68 bits per heavy atom. The van der Waals surface area contributed by atoms with Gasteiger partial charge in [-0.05, 0) is 24.8 Å². The van der Waals surface area contributed by atoms with Crippen molar-refractivity contribution in [1.29, 1.82) is 0 Å². The van der Waals surface area contributed by atoms with E-state index in [9.17, 15) is 4.79 Å². The van der Waals surface area contributed by atoms with Crippen LogP contribution in [0.4, 0.5) is 0 Å². The second kappa shape index (κ2) is 4.02. The summed E-state index contributed by atoms with van der Waals surface area (Å²) < 4.78 is 1.95. The fourth-order valence-corrected chi connectivity index (χ4v) is 2.78. The van der Waals surface area contributed by atoms with Crippen molar-refractivity contribution in [1.82, 2.24) is 14.8 Å². The number of Topliss-reactive ketones (excluding diaryl/α,β-unsaturated/α-hetero) is 1. The average molecular weight is 253 g/mol. The van der Waals surface area contributed by atoms with Gasteiger partial charge in [-0.15, -0.1) is 5.10 Å². The molecule has 96 valence electrons. The van der Waals surface area contributed by atoms with Gasteiger partial charge in [0.25, 0.3) is 0 Å². The quantitative estimate of drug-likeness (QED) is 0.789. The lowest BCUT2D eigenvalue weighted by Crippen LogP contribution is -2.10. The van der Waals surface area contributed by atoms with E-state index in [1.807, 2.05) is 22.9 Å². The first kappa shape index (κ1) is 10.9. The van der Waals surface area contributed by atoms with Crippen LogP contribution >= 0.6 is 0 Å². The zero-order chi connectivity index (χ0) is 12.8. The molecule has 0 unspecified atom stereocenters. The smallest absolute Gasteiger partial charge is 0.217 e. The van der Waals surface area contributed by atoms with Crippen LogP contribution in [-0.4, -0.2) is 20.5 Å². The maximum absolute atomic E-state index is 12.0. The molecule has 1 saturated carbocycles. The van der Waals surface area contributed by atoms with Crippen LogP contribution in [0.1, 0.15) is 47.3 Å². The number of rotatable bonds is 3. The number of aryl methyl sites for hydroxylation is 1. The Hall–Kier alpha value is -1.97. The Bertz CT molecular complexity index is 628. The first-order valence-corrected chi connectivity index (χ1v) is 6.87. The summed E-state index contributed by atoms with van der Waals surface area (Å²) in [5, 5.41) is 4.47. The van der Waals surface area contributed by atoms with Crippen LogP contribution in [0.2, 0.25) is 0 Å². The van der Waals surface area contributed by atoms with Gasteiger partial charge in [-0.1, -0.05) is 30.3 Å². The van der Waals surface area contributed by atoms with E-state index in [0.29, 0.717) is 5.82 Å². The lowest BCUT2D eigenvalue weighted by atomic mass is 10.1. The predicted molar refractivity (Wildman–Crippen MR) is 70.0 cm³/mol. The summed E-state index contributed by atoms with van der Waals surface area (Å²) in [4.78, 5) is 16.4. The lowest BCUT2D eigenvalue weighted by molar-refractivity contribution is 0.0957. The van der Waals surface area contributed by atoms with E-state index < -0.39 is 0 Å². The molecule has 0 N–H and O–H groups in total. The second-order valence-electron chi connectivity index (χ2n) is 5.40. The van der Waals surface area contributed by atoms with Gasteiger partial charge in [0.2, 0.25) is 11.6 Å². The number of carbonyl (C=O) groups excluding carboxylic acids is 1. The van der Waals surface area contributed by atoms with Gasteiger partial charge in [0.1, 0.15) is 5.82 Å². The zero-order valence-electron chi connectivity index (χ0n) is 10.6. The van der Waals surface area contributed by atoms with E-state index in [1.165, 1.54) is 5.56 Å². The fraction of sp³-hybridized carbons (Fsp3) is 0.400. The Balaban J connectivity index is 1.68. The monoisotopic (exact) mass is 253 g/mol. The van der Waals surface area contributed by atoms with Crippen LogP contribution in [0.3, 0.4) is 0 Å². The Labute approximate surface area is 111 Å². The third kappa shape index (κ3) is 1.79. The fourth-order valence-electron chi connectivity index (χ4n) is 2.78. The van der Waals surface area contributed by atoms with Crippen LogP contribution in [0.15, 0.2) is 30.3 Å². The molecule has 1 aromatic heterocycles. The molecule has 4 heteroatoms. The van der Waals surface area contributed by atoms with E-state index in [0.717, 1.165) is 31.5 Å². The number of hydrogen-bond acceptors (Lipinski definition) is 3. The molecule has 19 heavy (non-hydrogen) atoms. The second-order valence-corrected chi connectivity index (χ2v) is 5.40. The molecule has 0 radical (unpaired) electrons. The normalized spacial score (nSPS) is 21.4. The number of carbonyl (C=O) groups is 1. The highest BCUT2D eigenvalue weighted by Gasteiger charge is 2.35. The summed E-state index contributed by atoms with van der Waals surface area (Å²) in [6.07, 6.45) is 3.94. The zero-order valence-corrected chi connectivity index (χ0v) is 10.6. The van der Waals surface area contributed by atoms with Crippen molar-refractivity contribution in [2.75, 3.05) is 0 Å². The van der Waals surface area contributed by atoms with E-state index in [1.54, 1.807) is 0 Å². The number of fused-ring (bicyclic) bond motifs is 1. The molecule has 1 aliphatic heterocycles. The van der Waals surface area contributed by atoms with Gasteiger partial charge in [0, 0.05) is 12.3 Å². The topological polar surface area (TPSA) is 47.8 Å². The van der Waals surface area contributed by atoms with E-state index in [4.69, 9.17) is 0 Å². The van der Waals surface area contributed by atoms with Crippen LogP contribution in [-0.2, 0) is 6.42 Å². The summed E-state index contributed by atoms with van der Waals surface area (Å²) in [7, 11) is 0. The molecular weight excluding hydrogens is 238 g/mol. The molecule has 4 nitrogen and oxygen atoms in total. The summed E-state index contributed by atoms with van der Waals surface area (Å²) in [5.41, 5.74) is 1.25. The molecule has 1 atom stereocenters. The van der Waals surface area contributed by atoms with Gasteiger partial charge < -0.3 is 0 Å². The molecule has 1 aliphatic carbocycles. The Morgan fingerprint density at radius 1 is 1.16 bits per heavy atom. The number of ketones is 1. The summed E-state index contributed by atoms with van der Waals surface area (Å²) in [6.45, 7) is 0. The first-order chi connectivity index (χ1) is 9.33. The highest BCUT2D eigenvalue weighted by Crippen LogP contribution is 2.34. The minimum Gasteiger partial charge on any atom is -0.290 e. The lowest BCUT2D eigenvalue weighted by Gasteiger charge is -2.11. The van der Waals surface area contributed by atoms with Gasteiger partial charge in [-0.25, -0.2) is 9.67 Å². The maximum atomic E-state index is 12.0. The van der Waals surface area contributed by atoms with Gasteiger partial charge in [-0.2, -0.15) is 0 Å². The van der Waals surface area contributed by atoms with E-state index >= 15 is 0 Å². The highest BCUT2D eigenvalue weighted by atomic mass is 16.1. The molecule has 0 saturated heterocycles. The van der Waals surface area contributed by atoms with Crippen LogP contribution in [0.5, 0.6) is 0 Å². The van der Waals surface area contributed by atoms with E-state index in [-0.39, 0.29) is 17.7 Å². The Morgan fingerprint density at radius 2 is 1.95 bits per heavy atom. The molecule has 0 amide bonds. The number of hydrogen-bond donors (Lipinski definition) is 0. The molecule has 2 heterocycles. The van der Waals surface area contributed by atoms with Crippen LogP contribution < -0.4 is 0 Å². The van der Waals surface area contributed by atoms with Crippen LogP contribution in [0, 0.1) is 5.92 Å².